The van der Waals surface area contributed by atoms with Crippen LogP contribution in [0.4, 0.5) is 21.5 Å². The van der Waals surface area contributed by atoms with Gasteiger partial charge in [-0.3, -0.25) is 0 Å². The number of hydrogen-bond donors (Lipinski definition) is 0. The minimum atomic E-state index is -1.97. The molecule has 0 unspecified atom stereocenters. The van der Waals surface area contributed by atoms with Crippen LogP contribution in [-0.4, -0.2) is 31.0 Å². The molecule has 0 aromatic heterocycles. The summed E-state index contributed by atoms with van der Waals surface area (Å²) in [6.07, 6.45) is 1.60. The van der Waals surface area contributed by atoms with Crippen LogP contribution in [0.25, 0.3) is 0 Å². The van der Waals surface area contributed by atoms with Crippen molar-refractivity contribution in [3.05, 3.63) is 124 Å². The molecule has 1 fully saturated rings. The van der Waals surface area contributed by atoms with Gasteiger partial charge in [-0.2, -0.15) is 6.67 Å². The Morgan fingerprint density at radius 1 is 0.750 bits per heavy atom. The van der Waals surface area contributed by atoms with Crippen LogP contribution < -0.4 is 14.5 Å². The van der Waals surface area contributed by atoms with E-state index in [1.165, 1.54) is 56.9 Å². The van der Waals surface area contributed by atoms with Gasteiger partial charge >= 0.3 is 136 Å². The molecule has 4 nitrogen and oxygen atoms in total. The second-order valence-corrected chi connectivity index (χ2v) is 16.8. The topological polar surface area (TPSA) is 28.1 Å². The molecule has 5 rings (SSSR count). The third kappa shape index (κ3) is 8.78. The summed E-state index contributed by atoms with van der Waals surface area (Å²) in [6, 6.07) is 20.8. The van der Waals surface area contributed by atoms with E-state index in [1.807, 2.05) is 24.3 Å². The molecular weight excluding hydrogens is 681 g/mol. The molecule has 4 aromatic carbocycles. The summed E-state index contributed by atoms with van der Waals surface area (Å²) in [4.78, 5) is 9.13. The van der Waals surface area contributed by atoms with Crippen molar-refractivity contribution >= 4 is 47.3 Å². The molecule has 1 heterocycles. The second-order valence-electron chi connectivity index (χ2n) is 11.0. The Kier molecular flexibility index (Phi) is 11.8. The van der Waals surface area contributed by atoms with Gasteiger partial charge in [0.05, 0.1) is 0 Å². The van der Waals surface area contributed by atoms with Crippen LogP contribution in [0.1, 0.15) is 44.5 Å². The van der Waals surface area contributed by atoms with E-state index in [1.54, 1.807) is 24.0 Å². The van der Waals surface area contributed by atoms with Crippen LogP contribution >= 0.6 is 19.4 Å². The van der Waals surface area contributed by atoms with E-state index in [-0.39, 0.29) is 5.82 Å². The van der Waals surface area contributed by atoms with Crippen LogP contribution in [0.2, 0.25) is 0 Å². The molecule has 0 bridgehead atoms. The Morgan fingerprint density at radius 3 is 1.70 bits per heavy atom. The summed E-state index contributed by atoms with van der Waals surface area (Å²) in [5.41, 5.74) is 13.0. The van der Waals surface area contributed by atoms with Crippen LogP contribution in [0.15, 0.2) is 71.7 Å². The van der Waals surface area contributed by atoms with Crippen molar-refractivity contribution in [2.75, 3.05) is 30.0 Å². The standard InChI is InChI=1S/C21H27N2.C15H12FNO.2ClH.Ru/c1-14-9-16(3)20(17(4)10-14)22-7-8-23(13-22)21-18(5)11-15(2)12-19(21)6;1-11-3-4-13(16)9-12(11)10-17-14-5-7-15(18-2)8-6-14;;;/h9-13H,7-8H2,1-6H3;1,3-10H,2H3;2*1H;/q-1;;;;+2/p-2. The maximum atomic E-state index is 13.4. The maximum Gasteiger partial charge on any atom is 0.0146 e. The Balaban J connectivity index is 0.000000202. The number of hydrogen-bond acceptors (Lipinski definition) is 4. The largest absolute Gasteiger partial charge is 0.502 e. The summed E-state index contributed by atoms with van der Waals surface area (Å²) in [6.45, 7) is 17.6. The molecule has 234 valence electrons. The molecule has 8 heteroatoms. The van der Waals surface area contributed by atoms with Gasteiger partial charge in [0.15, 0.2) is 0 Å². The van der Waals surface area contributed by atoms with Gasteiger partial charge in [-0.1, -0.05) is 35.4 Å². The minimum absolute atomic E-state index is 0.328. The molecule has 0 radical (unpaired) electrons. The van der Waals surface area contributed by atoms with Crippen LogP contribution in [-0.2, 0) is 13.5 Å². The molecule has 0 spiro atoms. The first kappa shape index (κ1) is 33.8. The van der Waals surface area contributed by atoms with Gasteiger partial charge in [0, 0.05) is 24.5 Å². The van der Waals surface area contributed by atoms with E-state index in [2.05, 4.69) is 87.3 Å². The summed E-state index contributed by atoms with van der Waals surface area (Å²) in [5.74, 6) is 0.429. The summed E-state index contributed by atoms with van der Waals surface area (Å²) in [7, 11) is 13.4. The van der Waals surface area contributed by atoms with Crippen molar-refractivity contribution in [2.45, 2.75) is 41.5 Å². The first-order valence-corrected chi connectivity index (χ1v) is 19.8. The molecule has 0 saturated carbocycles. The van der Waals surface area contributed by atoms with Crippen molar-refractivity contribution in [3.8, 4) is 5.75 Å². The smallest absolute Gasteiger partial charge is 0.0146 e. The van der Waals surface area contributed by atoms with Gasteiger partial charge in [0.1, 0.15) is 0 Å². The fraction of sp³-hybridized carbons (Fsp3) is 0.250. The van der Waals surface area contributed by atoms with E-state index in [0.717, 1.165) is 30.1 Å². The normalized spacial score (nSPS) is 13.2. The number of rotatable bonds is 6. The summed E-state index contributed by atoms with van der Waals surface area (Å²) < 4.78 is 20.2. The van der Waals surface area contributed by atoms with Crippen molar-refractivity contribution in [2.24, 2.45) is 4.99 Å². The number of benzene rings is 4. The maximum absolute atomic E-state index is 13.4. The Hall–Kier alpha value is -3.05. The van der Waals surface area contributed by atoms with Gasteiger partial charge in [-0.15, -0.1) is 0 Å². The monoisotopic (exact) mass is 720 g/mol. The van der Waals surface area contributed by atoms with Gasteiger partial charge in [0.2, 0.25) is 0 Å². The number of anilines is 2. The number of methoxy groups -OCH3 is 1. The van der Waals surface area contributed by atoms with Crippen molar-refractivity contribution in [1.29, 1.82) is 0 Å². The molecule has 4 aromatic rings. The number of halogens is 3. The van der Waals surface area contributed by atoms with E-state index in [9.17, 15) is 4.39 Å². The minimum Gasteiger partial charge on any atom is -0.502 e. The number of ether oxygens (including phenoxy) is 1. The predicted octanol–water partition coefficient (Wildman–Crippen LogP) is 9.64. The van der Waals surface area contributed by atoms with E-state index >= 15 is 0 Å². The molecular formula is C36H39Cl2FN3ORu-. The molecule has 1 saturated heterocycles. The molecule has 1 aliphatic rings. The third-order valence-electron chi connectivity index (χ3n) is 7.37. The van der Waals surface area contributed by atoms with Gasteiger partial charge in [0.25, 0.3) is 0 Å². The van der Waals surface area contributed by atoms with Crippen molar-refractivity contribution < 1.29 is 22.6 Å². The molecule has 0 aliphatic carbocycles. The number of aliphatic imine (C=N–C) groups is 1. The molecule has 44 heavy (non-hydrogen) atoms. The predicted molar refractivity (Wildman–Crippen MR) is 184 cm³/mol. The number of aryl methyl sites for hydroxylation is 6. The molecule has 1 aliphatic heterocycles. The Morgan fingerprint density at radius 2 is 1.25 bits per heavy atom. The molecule has 0 N–H and O–H groups in total. The first-order valence-electron chi connectivity index (χ1n) is 14.3. The summed E-state index contributed by atoms with van der Waals surface area (Å²) >= 11 is -1.97. The zero-order chi connectivity index (χ0) is 32.0. The second kappa shape index (κ2) is 15.3. The Bertz CT molecular complexity index is 1570. The van der Waals surface area contributed by atoms with Gasteiger partial charge in [-0.25, -0.2) is 0 Å². The fourth-order valence-electron chi connectivity index (χ4n) is 5.73. The van der Waals surface area contributed by atoms with Crippen molar-refractivity contribution in [3.63, 3.8) is 0 Å². The zero-order valence-corrected chi connectivity index (χ0v) is 29.5. The third-order valence-corrected chi connectivity index (χ3v) is 9.20. The van der Waals surface area contributed by atoms with Crippen LogP contribution in [0, 0.1) is 54.0 Å². The quantitative estimate of drug-likeness (QED) is 0.113. The van der Waals surface area contributed by atoms with E-state index in [0.29, 0.717) is 5.56 Å². The summed E-state index contributed by atoms with van der Waals surface area (Å²) in [5, 5.41) is 0. The van der Waals surface area contributed by atoms with E-state index < -0.39 is 13.5 Å². The first-order chi connectivity index (χ1) is 20.9. The fourth-order valence-corrected chi connectivity index (χ4v) is 7.58. The van der Waals surface area contributed by atoms with E-state index in [4.69, 9.17) is 24.1 Å². The van der Waals surface area contributed by atoms with Crippen molar-refractivity contribution in [1.82, 2.24) is 0 Å². The van der Waals surface area contributed by atoms with Gasteiger partial charge in [-0.05, 0) is 63.8 Å². The van der Waals surface area contributed by atoms with Gasteiger partial charge < -0.3 is 9.80 Å². The zero-order valence-electron chi connectivity index (χ0n) is 26.2. The van der Waals surface area contributed by atoms with Crippen LogP contribution in [0.5, 0.6) is 5.75 Å². The SMILES string of the molecule is COc1ccc(N=Cc2cc(F)ccc2[CH]=[Ru]([Cl])[Cl])cc1.Cc1cc(C)c(N2[CH-]N(c3c(C)cc(C)cc3C)CC2)c(C)c1. The average molecular weight is 721 g/mol. The average Bonchev–Trinajstić information content (AvgIpc) is 3.41. The molecule has 0 amide bonds. The van der Waals surface area contributed by atoms with Crippen LogP contribution in [0.3, 0.4) is 0 Å². The Labute approximate surface area is 274 Å². The number of nitrogens with zero attached hydrogens (tertiary/aromatic N) is 3. The molecule has 0 atom stereocenters.